The third-order valence-corrected chi connectivity index (χ3v) is 3.07. The molecule has 0 atom stereocenters. The van der Waals surface area contributed by atoms with E-state index in [4.69, 9.17) is 0 Å². The quantitative estimate of drug-likeness (QED) is 0.850. The minimum Gasteiger partial charge on any atom is -0.314 e. The Morgan fingerprint density at radius 3 is 3.07 bits per heavy atom. The summed E-state index contributed by atoms with van der Waals surface area (Å²) in [4.78, 5) is 4.42. The zero-order chi connectivity index (χ0) is 10.7. The second kappa shape index (κ2) is 4.55. The van der Waals surface area contributed by atoms with E-state index in [0.29, 0.717) is 0 Å². The predicted molar refractivity (Wildman–Crippen MR) is 60.9 cm³/mol. The molecule has 2 rings (SSSR count). The van der Waals surface area contributed by atoms with Gasteiger partial charge in [-0.15, -0.1) is 11.3 Å². The summed E-state index contributed by atoms with van der Waals surface area (Å²) >= 11 is 1.68. The average molecular weight is 222 g/mol. The normalized spacial score (nSPS) is 10.8. The van der Waals surface area contributed by atoms with E-state index in [-0.39, 0.29) is 0 Å². The van der Waals surface area contributed by atoms with Crippen molar-refractivity contribution < 1.29 is 0 Å². The van der Waals surface area contributed by atoms with E-state index in [2.05, 4.69) is 20.8 Å². The van der Waals surface area contributed by atoms with E-state index in [9.17, 15) is 0 Å². The fourth-order valence-corrected chi connectivity index (χ4v) is 2.19. The van der Waals surface area contributed by atoms with Crippen molar-refractivity contribution in [2.24, 2.45) is 0 Å². The molecule has 0 unspecified atom stereocenters. The van der Waals surface area contributed by atoms with Crippen molar-refractivity contribution in [3.05, 3.63) is 34.0 Å². The van der Waals surface area contributed by atoms with Gasteiger partial charge in [0.05, 0.1) is 12.2 Å². The minimum atomic E-state index is 0.766. The van der Waals surface area contributed by atoms with Gasteiger partial charge >= 0.3 is 0 Å². The molecule has 80 valence electrons. The van der Waals surface area contributed by atoms with E-state index < -0.39 is 0 Å². The van der Waals surface area contributed by atoms with Gasteiger partial charge in [0, 0.05) is 23.8 Å². The molecule has 0 bridgehead atoms. The molecule has 4 nitrogen and oxygen atoms in total. The molecule has 1 N–H and O–H groups in total. The van der Waals surface area contributed by atoms with Crippen molar-refractivity contribution in [2.75, 3.05) is 7.05 Å². The zero-order valence-electron chi connectivity index (χ0n) is 8.90. The first kappa shape index (κ1) is 10.3. The summed E-state index contributed by atoms with van der Waals surface area (Å²) in [6.45, 7) is 3.62. The highest BCUT2D eigenvalue weighted by Crippen LogP contribution is 2.11. The van der Waals surface area contributed by atoms with Gasteiger partial charge in [-0.25, -0.2) is 4.98 Å². The van der Waals surface area contributed by atoms with Crippen molar-refractivity contribution >= 4 is 11.3 Å². The minimum absolute atomic E-state index is 0.766. The van der Waals surface area contributed by atoms with Gasteiger partial charge in [-0.1, -0.05) is 0 Å². The van der Waals surface area contributed by atoms with E-state index >= 15 is 0 Å². The molecule has 0 saturated heterocycles. The molecule has 0 fully saturated rings. The standard InChI is InChI=1S/C10H14N4S/c1-8-7-15-10(13-8)6-14-9(5-11-2)3-4-12-14/h3-4,7,11H,5-6H2,1-2H3. The lowest BCUT2D eigenvalue weighted by atomic mass is 10.4. The molecule has 0 aliphatic carbocycles. The van der Waals surface area contributed by atoms with E-state index in [1.165, 1.54) is 5.69 Å². The number of thiazole rings is 1. The Morgan fingerprint density at radius 1 is 1.53 bits per heavy atom. The first-order valence-electron chi connectivity index (χ1n) is 4.86. The number of nitrogens with zero attached hydrogens (tertiary/aromatic N) is 3. The molecule has 2 aromatic rings. The molecule has 2 aromatic heterocycles. The maximum absolute atomic E-state index is 4.42. The molecule has 0 radical (unpaired) electrons. The molecule has 0 saturated carbocycles. The van der Waals surface area contributed by atoms with Crippen LogP contribution in [0.25, 0.3) is 0 Å². The highest BCUT2D eigenvalue weighted by atomic mass is 32.1. The van der Waals surface area contributed by atoms with Crippen LogP contribution in [0, 0.1) is 6.92 Å². The maximum Gasteiger partial charge on any atom is 0.114 e. The monoisotopic (exact) mass is 222 g/mol. The van der Waals surface area contributed by atoms with Gasteiger partial charge in [-0.05, 0) is 20.0 Å². The highest BCUT2D eigenvalue weighted by molar-refractivity contribution is 7.09. The van der Waals surface area contributed by atoms with Crippen LogP contribution in [0.15, 0.2) is 17.6 Å². The number of hydrogen-bond acceptors (Lipinski definition) is 4. The lowest BCUT2D eigenvalue weighted by Gasteiger charge is -2.04. The lowest BCUT2D eigenvalue weighted by molar-refractivity contribution is 0.620. The molecule has 0 aliphatic heterocycles. The molecule has 5 heteroatoms. The molecular formula is C10H14N4S. The van der Waals surface area contributed by atoms with Gasteiger partial charge in [0.1, 0.15) is 5.01 Å². The Morgan fingerprint density at radius 2 is 2.40 bits per heavy atom. The van der Waals surface area contributed by atoms with Crippen molar-refractivity contribution in [1.82, 2.24) is 20.1 Å². The molecular weight excluding hydrogens is 208 g/mol. The summed E-state index contributed by atoms with van der Waals surface area (Å²) < 4.78 is 1.98. The lowest BCUT2D eigenvalue weighted by Crippen LogP contribution is -2.12. The first-order chi connectivity index (χ1) is 7.29. The fraction of sp³-hybridized carbons (Fsp3) is 0.400. The van der Waals surface area contributed by atoms with Crippen LogP contribution in [0.5, 0.6) is 0 Å². The predicted octanol–water partition coefficient (Wildman–Crippen LogP) is 1.42. The van der Waals surface area contributed by atoms with Crippen LogP contribution in [0.2, 0.25) is 0 Å². The van der Waals surface area contributed by atoms with Gasteiger partial charge < -0.3 is 5.32 Å². The number of nitrogens with one attached hydrogen (secondary N) is 1. The second-order valence-electron chi connectivity index (χ2n) is 3.39. The summed E-state index contributed by atoms with van der Waals surface area (Å²) in [6.07, 6.45) is 1.83. The van der Waals surface area contributed by atoms with Crippen molar-refractivity contribution in [3.63, 3.8) is 0 Å². The van der Waals surface area contributed by atoms with E-state index in [1.54, 1.807) is 11.3 Å². The number of hydrogen-bond donors (Lipinski definition) is 1. The van der Waals surface area contributed by atoms with E-state index in [0.717, 1.165) is 23.8 Å². The van der Waals surface area contributed by atoms with Crippen LogP contribution in [-0.4, -0.2) is 21.8 Å². The summed E-state index contributed by atoms with van der Waals surface area (Å²) in [5.74, 6) is 0. The van der Waals surface area contributed by atoms with E-state index in [1.807, 2.05) is 30.9 Å². The summed E-state index contributed by atoms with van der Waals surface area (Å²) in [5.41, 5.74) is 2.27. The summed E-state index contributed by atoms with van der Waals surface area (Å²) in [6, 6.07) is 2.02. The molecule has 2 heterocycles. The van der Waals surface area contributed by atoms with Crippen molar-refractivity contribution in [1.29, 1.82) is 0 Å². The molecule has 15 heavy (non-hydrogen) atoms. The number of aromatic nitrogens is 3. The molecule has 0 amide bonds. The molecule has 0 spiro atoms. The zero-order valence-corrected chi connectivity index (χ0v) is 9.71. The van der Waals surface area contributed by atoms with Gasteiger partial charge in [0.15, 0.2) is 0 Å². The van der Waals surface area contributed by atoms with Crippen LogP contribution in [0.3, 0.4) is 0 Å². The first-order valence-corrected chi connectivity index (χ1v) is 5.74. The SMILES string of the molecule is CNCc1ccnn1Cc1nc(C)cs1. The van der Waals surface area contributed by atoms with Crippen LogP contribution >= 0.6 is 11.3 Å². The van der Waals surface area contributed by atoms with Gasteiger partial charge in [0.25, 0.3) is 0 Å². The third kappa shape index (κ3) is 2.43. The average Bonchev–Trinajstić information content (AvgIpc) is 2.78. The molecule has 0 aromatic carbocycles. The third-order valence-electron chi connectivity index (χ3n) is 2.11. The van der Waals surface area contributed by atoms with Crippen LogP contribution in [-0.2, 0) is 13.1 Å². The van der Waals surface area contributed by atoms with Crippen molar-refractivity contribution in [3.8, 4) is 0 Å². The summed E-state index contributed by atoms with van der Waals surface area (Å²) in [5, 5.41) is 10.6. The Balaban J connectivity index is 2.13. The van der Waals surface area contributed by atoms with Gasteiger partial charge in [0.2, 0.25) is 0 Å². The van der Waals surface area contributed by atoms with Crippen LogP contribution in [0.1, 0.15) is 16.4 Å². The number of aryl methyl sites for hydroxylation is 1. The van der Waals surface area contributed by atoms with Crippen molar-refractivity contribution in [2.45, 2.75) is 20.0 Å². The van der Waals surface area contributed by atoms with Crippen LogP contribution in [0.4, 0.5) is 0 Å². The Labute approximate surface area is 93.0 Å². The highest BCUT2D eigenvalue weighted by Gasteiger charge is 2.04. The smallest absolute Gasteiger partial charge is 0.114 e. The second-order valence-corrected chi connectivity index (χ2v) is 4.34. The fourth-order valence-electron chi connectivity index (χ4n) is 1.44. The Hall–Kier alpha value is -1.20. The topological polar surface area (TPSA) is 42.7 Å². The Bertz CT molecular complexity index is 432. The van der Waals surface area contributed by atoms with Gasteiger partial charge in [-0.2, -0.15) is 5.10 Å². The van der Waals surface area contributed by atoms with Crippen LogP contribution < -0.4 is 5.32 Å². The largest absolute Gasteiger partial charge is 0.314 e. The number of rotatable bonds is 4. The maximum atomic E-state index is 4.42. The molecule has 0 aliphatic rings. The van der Waals surface area contributed by atoms with Gasteiger partial charge in [-0.3, -0.25) is 4.68 Å². The summed E-state index contributed by atoms with van der Waals surface area (Å²) in [7, 11) is 1.94. The Kier molecular flexibility index (Phi) is 3.13.